The van der Waals surface area contributed by atoms with Crippen LogP contribution in [0.1, 0.15) is 24.8 Å². The predicted octanol–water partition coefficient (Wildman–Crippen LogP) is 2.32. The van der Waals surface area contributed by atoms with Gasteiger partial charge in [0.1, 0.15) is 11.8 Å². The molecule has 1 aromatic rings. The number of nitrogens with one attached hydrogen (secondary N) is 1. The second-order valence-electron chi connectivity index (χ2n) is 5.66. The lowest BCUT2D eigenvalue weighted by Gasteiger charge is -2.38. The van der Waals surface area contributed by atoms with Crippen LogP contribution in [0.3, 0.4) is 0 Å². The molecular weight excluding hydrogens is 268 g/mol. The van der Waals surface area contributed by atoms with E-state index in [4.69, 9.17) is 14.2 Å². The summed E-state index contributed by atoms with van der Waals surface area (Å²) in [5, 5.41) is 12.8. The molecule has 1 spiro atoms. The molecule has 2 aliphatic rings. The quantitative estimate of drug-likeness (QED) is 0.924. The van der Waals surface area contributed by atoms with E-state index < -0.39 is 0 Å². The van der Waals surface area contributed by atoms with E-state index in [0.29, 0.717) is 17.9 Å². The third-order valence-electron chi connectivity index (χ3n) is 4.28. The normalized spacial score (nSPS) is 28.3. The van der Waals surface area contributed by atoms with E-state index in [9.17, 15) is 5.26 Å². The number of methoxy groups -OCH3 is 1. The van der Waals surface area contributed by atoms with Gasteiger partial charge in [-0.15, -0.1) is 0 Å². The Morgan fingerprint density at radius 2 is 2.33 bits per heavy atom. The van der Waals surface area contributed by atoms with Crippen molar-refractivity contribution < 1.29 is 14.2 Å². The van der Waals surface area contributed by atoms with Crippen molar-refractivity contribution in [1.82, 2.24) is 0 Å². The summed E-state index contributed by atoms with van der Waals surface area (Å²) in [6, 6.07) is 8.00. The molecule has 0 radical (unpaired) electrons. The molecule has 2 aliphatic heterocycles. The first-order valence-corrected chi connectivity index (χ1v) is 7.32. The Balaban J connectivity index is 1.79. The van der Waals surface area contributed by atoms with Crippen molar-refractivity contribution in [2.45, 2.75) is 30.9 Å². The van der Waals surface area contributed by atoms with Gasteiger partial charge < -0.3 is 19.5 Å². The highest BCUT2D eigenvalue weighted by molar-refractivity contribution is 5.66. The van der Waals surface area contributed by atoms with Gasteiger partial charge in [0, 0.05) is 25.7 Å². The Labute approximate surface area is 124 Å². The first-order valence-electron chi connectivity index (χ1n) is 7.32. The zero-order valence-electron chi connectivity index (χ0n) is 12.2. The number of nitriles is 1. The van der Waals surface area contributed by atoms with Crippen LogP contribution >= 0.6 is 0 Å². The smallest absolute Gasteiger partial charge is 0.143 e. The molecule has 1 N–H and O–H groups in total. The monoisotopic (exact) mass is 288 g/mol. The second kappa shape index (κ2) is 5.92. The van der Waals surface area contributed by atoms with Gasteiger partial charge in [-0.05, 0) is 25.0 Å². The largest absolute Gasteiger partial charge is 0.495 e. The highest BCUT2D eigenvalue weighted by Gasteiger charge is 2.41. The van der Waals surface area contributed by atoms with Gasteiger partial charge in [-0.2, -0.15) is 5.26 Å². The molecule has 5 heteroatoms. The predicted molar refractivity (Wildman–Crippen MR) is 78.5 cm³/mol. The lowest BCUT2D eigenvalue weighted by molar-refractivity contribution is -0.0828. The Hall–Kier alpha value is -1.77. The number of nitrogens with zero attached hydrogens (tertiary/aromatic N) is 1. The first kappa shape index (κ1) is 14.2. The number of anilines is 1. The van der Waals surface area contributed by atoms with E-state index in [-0.39, 0.29) is 11.6 Å². The van der Waals surface area contributed by atoms with Crippen LogP contribution in [0, 0.1) is 11.3 Å². The number of benzene rings is 1. The Kier molecular flexibility index (Phi) is 4.00. The highest BCUT2D eigenvalue weighted by Crippen LogP contribution is 2.36. The van der Waals surface area contributed by atoms with E-state index in [1.54, 1.807) is 13.2 Å². The van der Waals surface area contributed by atoms with Crippen LogP contribution < -0.4 is 10.1 Å². The summed E-state index contributed by atoms with van der Waals surface area (Å²) in [6.45, 7) is 2.16. The molecule has 2 atom stereocenters. The molecule has 2 fully saturated rings. The topological polar surface area (TPSA) is 63.5 Å². The fraction of sp³-hybridized carbons (Fsp3) is 0.562. The lowest BCUT2D eigenvalue weighted by Crippen LogP contribution is -2.45. The molecule has 0 aromatic heterocycles. The second-order valence-corrected chi connectivity index (χ2v) is 5.66. The molecular formula is C16H20N2O3. The number of hydrogen-bond acceptors (Lipinski definition) is 5. The fourth-order valence-electron chi connectivity index (χ4n) is 3.16. The third-order valence-corrected chi connectivity index (χ3v) is 4.28. The molecule has 2 heterocycles. The van der Waals surface area contributed by atoms with Gasteiger partial charge >= 0.3 is 0 Å². The van der Waals surface area contributed by atoms with Gasteiger partial charge in [0.15, 0.2) is 0 Å². The van der Waals surface area contributed by atoms with Gasteiger partial charge in [-0.25, -0.2) is 0 Å². The van der Waals surface area contributed by atoms with Crippen LogP contribution in [0.15, 0.2) is 18.2 Å². The molecule has 0 aliphatic carbocycles. The van der Waals surface area contributed by atoms with Crippen molar-refractivity contribution in [1.29, 1.82) is 5.26 Å². The van der Waals surface area contributed by atoms with Crippen molar-refractivity contribution in [3.8, 4) is 11.8 Å². The van der Waals surface area contributed by atoms with Gasteiger partial charge in [0.05, 0.1) is 30.6 Å². The van der Waals surface area contributed by atoms with Crippen LogP contribution in [0.5, 0.6) is 5.75 Å². The summed E-state index contributed by atoms with van der Waals surface area (Å²) in [7, 11) is 1.62. The Bertz CT molecular complexity index is 547. The van der Waals surface area contributed by atoms with Crippen molar-refractivity contribution in [2.24, 2.45) is 0 Å². The number of hydrogen-bond donors (Lipinski definition) is 1. The molecule has 0 bridgehead atoms. The Morgan fingerprint density at radius 1 is 1.43 bits per heavy atom. The van der Waals surface area contributed by atoms with Crippen molar-refractivity contribution in [3.05, 3.63) is 23.8 Å². The van der Waals surface area contributed by atoms with Crippen molar-refractivity contribution in [2.75, 3.05) is 32.2 Å². The molecule has 0 amide bonds. The van der Waals surface area contributed by atoms with Gasteiger partial charge in [0.25, 0.3) is 0 Å². The minimum atomic E-state index is -0.148. The number of para-hydroxylation sites is 1. The maximum atomic E-state index is 9.28. The van der Waals surface area contributed by atoms with Gasteiger partial charge in [0.2, 0.25) is 0 Å². The van der Waals surface area contributed by atoms with E-state index in [2.05, 4.69) is 11.4 Å². The molecule has 2 saturated heterocycles. The molecule has 3 rings (SSSR count). The third kappa shape index (κ3) is 2.82. The average molecular weight is 288 g/mol. The summed E-state index contributed by atoms with van der Waals surface area (Å²) in [5.41, 5.74) is 1.24. The van der Waals surface area contributed by atoms with Crippen LogP contribution in [-0.4, -0.2) is 38.6 Å². The minimum Gasteiger partial charge on any atom is -0.495 e. The van der Waals surface area contributed by atoms with Crippen molar-refractivity contribution >= 4 is 5.69 Å². The lowest BCUT2D eigenvalue weighted by atomic mass is 9.89. The van der Waals surface area contributed by atoms with E-state index in [1.165, 1.54) is 0 Å². The van der Waals surface area contributed by atoms with Gasteiger partial charge in [-0.1, -0.05) is 6.07 Å². The summed E-state index contributed by atoms with van der Waals surface area (Å²) < 4.78 is 16.8. The summed E-state index contributed by atoms with van der Waals surface area (Å²) >= 11 is 0. The van der Waals surface area contributed by atoms with E-state index in [0.717, 1.165) is 38.2 Å². The maximum absolute atomic E-state index is 9.28. The van der Waals surface area contributed by atoms with Crippen LogP contribution in [0.2, 0.25) is 0 Å². The molecule has 1 aromatic carbocycles. The van der Waals surface area contributed by atoms with Crippen LogP contribution in [0.25, 0.3) is 0 Å². The highest BCUT2D eigenvalue weighted by atomic mass is 16.6. The average Bonchev–Trinajstić information content (AvgIpc) is 2.95. The Morgan fingerprint density at radius 3 is 3.05 bits per heavy atom. The van der Waals surface area contributed by atoms with Crippen molar-refractivity contribution in [3.63, 3.8) is 0 Å². The zero-order valence-corrected chi connectivity index (χ0v) is 12.2. The molecule has 112 valence electrons. The molecule has 2 unspecified atom stereocenters. The van der Waals surface area contributed by atoms with Gasteiger partial charge in [-0.3, -0.25) is 0 Å². The summed E-state index contributed by atoms with van der Waals surface area (Å²) in [6.07, 6.45) is 2.77. The summed E-state index contributed by atoms with van der Waals surface area (Å²) in [5.74, 6) is 0.706. The molecule has 21 heavy (non-hydrogen) atoms. The van der Waals surface area contributed by atoms with Crippen LogP contribution in [0.4, 0.5) is 5.69 Å². The fourth-order valence-corrected chi connectivity index (χ4v) is 3.16. The number of rotatable bonds is 3. The SMILES string of the molecule is COc1cccc(C#N)c1NC1CCOC2(CCOC2)C1. The maximum Gasteiger partial charge on any atom is 0.143 e. The van der Waals surface area contributed by atoms with Crippen LogP contribution in [-0.2, 0) is 9.47 Å². The molecule has 5 nitrogen and oxygen atoms in total. The summed E-state index contributed by atoms with van der Waals surface area (Å²) in [4.78, 5) is 0. The minimum absolute atomic E-state index is 0.148. The molecule has 0 saturated carbocycles. The zero-order chi connectivity index (χ0) is 14.7. The van der Waals surface area contributed by atoms with E-state index in [1.807, 2.05) is 12.1 Å². The first-order chi connectivity index (χ1) is 10.3. The van der Waals surface area contributed by atoms with E-state index >= 15 is 0 Å². The number of ether oxygens (including phenoxy) is 3. The standard InChI is InChI=1S/C16H20N2O3/c1-19-14-4-2-3-12(10-17)15(14)18-13-5-7-21-16(9-13)6-8-20-11-16/h2-4,13,18H,5-9,11H2,1H3.